The van der Waals surface area contributed by atoms with Gasteiger partial charge >= 0.3 is 0 Å². The molecule has 3 aromatic rings. The number of thioether (sulfide) groups is 1. The average Bonchev–Trinajstić information content (AvgIpc) is 3.10. The van der Waals surface area contributed by atoms with Gasteiger partial charge in [0.2, 0.25) is 17.7 Å². The number of nitrogens with zero attached hydrogens (tertiary/aromatic N) is 2. The summed E-state index contributed by atoms with van der Waals surface area (Å²) < 4.78 is 5.66. The molecule has 2 aromatic carbocycles. The number of nitrogens with one attached hydrogen (secondary N) is 2. The van der Waals surface area contributed by atoms with E-state index in [9.17, 15) is 9.59 Å². The quantitative estimate of drug-likeness (QED) is 0.608. The molecule has 0 fully saturated rings. The third kappa shape index (κ3) is 5.20. The van der Waals surface area contributed by atoms with Crippen molar-refractivity contribution < 1.29 is 14.0 Å². The highest BCUT2D eigenvalue weighted by atomic mass is 32.2. The van der Waals surface area contributed by atoms with E-state index in [1.165, 1.54) is 18.7 Å². The number of hydrogen-bond donors (Lipinski definition) is 2. The molecule has 144 valence electrons. The van der Waals surface area contributed by atoms with E-state index in [2.05, 4.69) is 20.8 Å². The number of benzene rings is 2. The van der Waals surface area contributed by atoms with Crippen molar-refractivity contribution in [3.05, 3.63) is 54.1 Å². The molecule has 1 aromatic heterocycles. The molecule has 0 aliphatic rings. The lowest BCUT2D eigenvalue weighted by Gasteiger charge is -2.11. The van der Waals surface area contributed by atoms with Gasteiger partial charge in [-0.05, 0) is 44.2 Å². The standard InChI is InChI=1S/C20H20N4O3S/c1-12-7-9-15(10-8-12)19-23-24-20(27-19)28-13(2)18(26)22-17-6-4-5-16(11-17)21-14(3)25/h4-11,13H,1-3H3,(H,21,25)(H,22,26)/t13-/m1/s1. The van der Waals surface area contributed by atoms with Crippen LogP contribution >= 0.6 is 11.8 Å². The maximum absolute atomic E-state index is 12.5. The Morgan fingerprint density at radius 1 is 1.04 bits per heavy atom. The second-order valence-corrected chi connectivity index (χ2v) is 7.54. The molecule has 0 bridgehead atoms. The van der Waals surface area contributed by atoms with Crippen LogP contribution < -0.4 is 10.6 Å². The molecule has 0 unspecified atom stereocenters. The van der Waals surface area contributed by atoms with Crippen molar-refractivity contribution >= 4 is 35.0 Å². The van der Waals surface area contributed by atoms with Crippen molar-refractivity contribution in [3.63, 3.8) is 0 Å². The molecule has 3 rings (SSSR count). The largest absolute Gasteiger partial charge is 0.411 e. The number of anilines is 2. The lowest BCUT2D eigenvalue weighted by molar-refractivity contribution is -0.115. The van der Waals surface area contributed by atoms with Gasteiger partial charge in [-0.25, -0.2) is 0 Å². The van der Waals surface area contributed by atoms with E-state index < -0.39 is 5.25 Å². The van der Waals surface area contributed by atoms with Crippen LogP contribution in [0.5, 0.6) is 0 Å². The molecular formula is C20H20N4O3S. The number of rotatable bonds is 6. The van der Waals surface area contributed by atoms with Crippen LogP contribution in [0.15, 0.2) is 58.2 Å². The molecule has 0 aliphatic heterocycles. The second kappa shape index (κ2) is 8.71. The molecule has 1 heterocycles. The summed E-state index contributed by atoms with van der Waals surface area (Å²) in [6, 6.07) is 14.7. The molecule has 0 saturated carbocycles. The lowest BCUT2D eigenvalue weighted by Crippen LogP contribution is -2.22. The van der Waals surface area contributed by atoms with E-state index in [-0.39, 0.29) is 11.8 Å². The summed E-state index contributed by atoms with van der Waals surface area (Å²) in [7, 11) is 0. The van der Waals surface area contributed by atoms with Gasteiger partial charge in [0.15, 0.2) is 0 Å². The summed E-state index contributed by atoms with van der Waals surface area (Å²) >= 11 is 1.18. The van der Waals surface area contributed by atoms with Gasteiger partial charge in [-0.3, -0.25) is 9.59 Å². The first kappa shape index (κ1) is 19.6. The monoisotopic (exact) mass is 396 g/mol. The fraction of sp³-hybridized carbons (Fsp3) is 0.200. The number of carbonyl (C=O) groups excluding carboxylic acids is 2. The van der Waals surface area contributed by atoms with Gasteiger partial charge < -0.3 is 15.1 Å². The minimum Gasteiger partial charge on any atom is -0.411 e. The molecule has 2 N–H and O–H groups in total. The minimum atomic E-state index is -0.448. The highest BCUT2D eigenvalue weighted by molar-refractivity contribution is 8.00. The van der Waals surface area contributed by atoms with Gasteiger partial charge in [-0.2, -0.15) is 0 Å². The van der Waals surface area contributed by atoms with Crippen molar-refractivity contribution in [1.29, 1.82) is 0 Å². The maximum Gasteiger partial charge on any atom is 0.277 e. The van der Waals surface area contributed by atoms with Gasteiger partial charge in [-0.1, -0.05) is 35.5 Å². The number of aromatic nitrogens is 2. The first-order valence-electron chi connectivity index (χ1n) is 8.66. The second-order valence-electron chi connectivity index (χ2n) is 6.25. The summed E-state index contributed by atoms with van der Waals surface area (Å²) in [6.07, 6.45) is 0. The predicted octanol–water partition coefficient (Wildman–Crippen LogP) is 4.12. The van der Waals surface area contributed by atoms with Gasteiger partial charge in [0.1, 0.15) is 0 Å². The van der Waals surface area contributed by atoms with Crippen molar-refractivity contribution in [2.24, 2.45) is 0 Å². The van der Waals surface area contributed by atoms with Crippen LogP contribution in [0.1, 0.15) is 19.4 Å². The highest BCUT2D eigenvalue weighted by Crippen LogP contribution is 2.27. The SMILES string of the molecule is CC(=O)Nc1cccc(NC(=O)[C@@H](C)Sc2nnc(-c3ccc(C)cc3)o2)c1. The molecule has 28 heavy (non-hydrogen) atoms. The maximum atomic E-state index is 12.5. The highest BCUT2D eigenvalue weighted by Gasteiger charge is 2.19. The fourth-order valence-corrected chi connectivity index (χ4v) is 3.08. The topological polar surface area (TPSA) is 97.1 Å². The van der Waals surface area contributed by atoms with Crippen LogP contribution in [0.3, 0.4) is 0 Å². The van der Waals surface area contributed by atoms with Crippen LogP contribution in [0.25, 0.3) is 11.5 Å². The number of amides is 2. The molecule has 0 spiro atoms. The van der Waals surface area contributed by atoms with E-state index in [0.29, 0.717) is 22.5 Å². The van der Waals surface area contributed by atoms with Crippen LogP contribution in [-0.2, 0) is 9.59 Å². The van der Waals surface area contributed by atoms with E-state index in [0.717, 1.165) is 11.1 Å². The molecular weight excluding hydrogens is 376 g/mol. The van der Waals surface area contributed by atoms with Crippen molar-refractivity contribution in [2.75, 3.05) is 10.6 Å². The molecule has 1 atom stereocenters. The Kier molecular flexibility index (Phi) is 6.10. The lowest BCUT2D eigenvalue weighted by atomic mass is 10.1. The van der Waals surface area contributed by atoms with Crippen LogP contribution in [0.2, 0.25) is 0 Å². The molecule has 7 nitrogen and oxygen atoms in total. The summed E-state index contributed by atoms with van der Waals surface area (Å²) in [4.78, 5) is 23.6. The van der Waals surface area contributed by atoms with Crippen molar-refractivity contribution in [3.8, 4) is 11.5 Å². The van der Waals surface area contributed by atoms with Gasteiger partial charge in [-0.15, -0.1) is 10.2 Å². The van der Waals surface area contributed by atoms with Crippen molar-refractivity contribution in [1.82, 2.24) is 10.2 Å². The summed E-state index contributed by atoms with van der Waals surface area (Å²) in [5.74, 6) is 0.0337. The number of carbonyl (C=O) groups is 2. The van der Waals surface area contributed by atoms with Crippen molar-refractivity contribution in [2.45, 2.75) is 31.2 Å². The molecule has 0 aliphatic carbocycles. The Balaban J connectivity index is 1.61. The summed E-state index contributed by atoms with van der Waals surface area (Å²) in [5, 5.41) is 13.4. The zero-order valence-corrected chi connectivity index (χ0v) is 16.5. The van der Waals surface area contributed by atoms with Crippen LogP contribution in [0.4, 0.5) is 11.4 Å². The summed E-state index contributed by atoms with van der Waals surface area (Å²) in [5.41, 5.74) is 3.18. The third-order valence-electron chi connectivity index (χ3n) is 3.80. The normalized spacial score (nSPS) is 11.7. The van der Waals surface area contributed by atoms with E-state index in [1.54, 1.807) is 31.2 Å². The molecule has 0 saturated heterocycles. The van der Waals surface area contributed by atoms with E-state index in [4.69, 9.17) is 4.42 Å². The first-order chi connectivity index (χ1) is 13.4. The first-order valence-corrected chi connectivity index (χ1v) is 9.54. The molecule has 8 heteroatoms. The Morgan fingerprint density at radius 3 is 2.39 bits per heavy atom. The van der Waals surface area contributed by atoms with Gasteiger partial charge in [0.05, 0.1) is 5.25 Å². The zero-order chi connectivity index (χ0) is 20.1. The Bertz CT molecular complexity index is 985. The zero-order valence-electron chi connectivity index (χ0n) is 15.7. The number of hydrogen-bond acceptors (Lipinski definition) is 6. The number of aryl methyl sites for hydroxylation is 1. The Hall–Kier alpha value is -3.13. The van der Waals surface area contributed by atoms with E-state index >= 15 is 0 Å². The summed E-state index contributed by atoms with van der Waals surface area (Å²) in [6.45, 7) is 5.19. The Morgan fingerprint density at radius 2 is 1.71 bits per heavy atom. The molecule has 2 amide bonds. The minimum absolute atomic E-state index is 0.173. The molecule has 0 radical (unpaired) electrons. The fourth-order valence-electron chi connectivity index (χ4n) is 2.40. The van der Waals surface area contributed by atoms with E-state index in [1.807, 2.05) is 31.2 Å². The third-order valence-corrected chi connectivity index (χ3v) is 4.74. The predicted molar refractivity (Wildman–Crippen MR) is 109 cm³/mol. The smallest absolute Gasteiger partial charge is 0.277 e. The van der Waals surface area contributed by atoms with Crippen LogP contribution in [0, 0.1) is 6.92 Å². The van der Waals surface area contributed by atoms with Gasteiger partial charge in [0, 0.05) is 23.9 Å². The van der Waals surface area contributed by atoms with Gasteiger partial charge in [0.25, 0.3) is 5.22 Å². The van der Waals surface area contributed by atoms with Crippen LogP contribution in [-0.4, -0.2) is 27.3 Å². The average molecular weight is 396 g/mol. The Labute approximate surface area is 166 Å².